The number of nitrogens with one attached hydrogen (secondary N) is 1. The number of aryl methyl sites for hydroxylation is 2. The van der Waals surface area contributed by atoms with Gasteiger partial charge in [0.1, 0.15) is 5.52 Å². The van der Waals surface area contributed by atoms with E-state index in [1.54, 1.807) is 6.33 Å². The summed E-state index contributed by atoms with van der Waals surface area (Å²) in [6.45, 7) is 3.74. The summed E-state index contributed by atoms with van der Waals surface area (Å²) in [5, 5.41) is 7.38. The van der Waals surface area contributed by atoms with Gasteiger partial charge >= 0.3 is 0 Å². The molecule has 1 aliphatic heterocycles. The zero-order valence-electron chi connectivity index (χ0n) is 11.5. The maximum Gasteiger partial charge on any atom is 0.227 e. The molecule has 3 aromatic rings. The number of nitrogens with zero attached hydrogens (tertiary/aromatic N) is 6. The molecule has 7 nitrogen and oxygen atoms in total. The lowest BCUT2D eigenvalue weighted by Gasteiger charge is -2.26. The third kappa shape index (κ3) is 1.59. The maximum absolute atomic E-state index is 4.56. The van der Waals surface area contributed by atoms with Gasteiger partial charge in [-0.2, -0.15) is 10.1 Å². The van der Waals surface area contributed by atoms with Crippen LogP contribution in [0.2, 0.25) is 0 Å². The minimum Gasteiger partial charge on any atom is -0.336 e. The second kappa shape index (κ2) is 4.03. The van der Waals surface area contributed by atoms with Crippen molar-refractivity contribution in [1.29, 1.82) is 0 Å². The summed E-state index contributed by atoms with van der Waals surface area (Å²) in [7, 11) is 1.94. The third-order valence-electron chi connectivity index (χ3n) is 3.88. The molecule has 0 aromatic carbocycles. The van der Waals surface area contributed by atoms with Crippen LogP contribution in [0, 0.1) is 6.92 Å². The van der Waals surface area contributed by atoms with Crippen LogP contribution in [0.5, 0.6) is 0 Å². The van der Waals surface area contributed by atoms with Gasteiger partial charge in [-0.05, 0) is 6.92 Å². The SMILES string of the molecule is Cc1[nH]nc2c1CN(c1ncc3c(ncn3C)n1)CC2. The van der Waals surface area contributed by atoms with E-state index in [0.29, 0.717) is 0 Å². The van der Waals surface area contributed by atoms with E-state index in [0.717, 1.165) is 48.0 Å². The van der Waals surface area contributed by atoms with Crippen LogP contribution in [0.25, 0.3) is 11.2 Å². The molecule has 0 saturated carbocycles. The van der Waals surface area contributed by atoms with Gasteiger partial charge in [-0.15, -0.1) is 0 Å². The third-order valence-corrected chi connectivity index (χ3v) is 3.88. The Morgan fingerprint density at radius 2 is 2.20 bits per heavy atom. The zero-order valence-corrected chi connectivity index (χ0v) is 11.5. The van der Waals surface area contributed by atoms with Crippen molar-refractivity contribution in [2.24, 2.45) is 7.05 Å². The van der Waals surface area contributed by atoms with Crippen LogP contribution in [-0.4, -0.2) is 36.3 Å². The van der Waals surface area contributed by atoms with Gasteiger partial charge in [-0.25, -0.2) is 9.97 Å². The van der Waals surface area contributed by atoms with E-state index in [1.165, 1.54) is 5.56 Å². The van der Waals surface area contributed by atoms with Crippen molar-refractivity contribution in [1.82, 2.24) is 29.7 Å². The van der Waals surface area contributed by atoms with Gasteiger partial charge in [0.2, 0.25) is 5.95 Å². The highest BCUT2D eigenvalue weighted by atomic mass is 15.3. The number of H-pyrrole nitrogens is 1. The molecule has 1 N–H and O–H groups in total. The predicted molar refractivity (Wildman–Crippen MR) is 74.4 cm³/mol. The molecule has 0 aliphatic carbocycles. The molecule has 0 bridgehead atoms. The van der Waals surface area contributed by atoms with Crippen molar-refractivity contribution in [3.8, 4) is 0 Å². The van der Waals surface area contributed by atoms with E-state index in [-0.39, 0.29) is 0 Å². The van der Waals surface area contributed by atoms with Gasteiger partial charge in [0, 0.05) is 37.8 Å². The number of fused-ring (bicyclic) bond motifs is 2. The average molecular weight is 269 g/mol. The van der Waals surface area contributed by atoms with Crippen molar-refractivity contribution >= 4 is 17.1 Å². The lowest BCUT2D eigenvalue weighted by Crippen LogP contribution is -2.31. The second-order valence-electron chi connectivity index (χ2n) is 5.18. The average Bonchev–Trinajstić information content (AvgIpc) is 3.03. The summed E-state index contributed by atoms with van der Waals surface area (Å²) in [4.78, 5) is 15.5. The van der Waals surface area contributed by atoms with Crippen LogP contribution in [0.3, 0.4) is 0 Å². The highest BCUT2D eigenvalue weighted by molar-refractivity contribution is 5.71. The Bertz CT molecular complexity index is 785. The van der Waals surface area contributed by atoms with Gasteiger partial charge in [-0.1, -0.05) is 0 Å². The standard InChI is InChI=1S/C13H15N7/c1-8-9-6-20(4-3-10(9)18-17-8)13-14-5-11-12(16-13)15-7-19(11)2/h5,7H,3-4,6H2,1-2H3,(H,17,18). The fourth-order valence-corrected chi connectivity index (χ4v) is 2.66. The molecule has 0 atom stereocenters. The fraction of sp³-hybridized carbons (Fsp3) is 0.385. The number of imidazole rings is 1. The Balaban J connectivity index is 1.71. The molecule has 20 heavy (non-hydrogen) atoms. The molecule has 0 amide bonds. The molecule has 4 rings (SSSR count). The zero-order chi connectivity index (χ0) is 13.7. The first-order valence-electron chi connectivity index (χ1n) is 6.64. The number of rotatable bonds is 1. The van der Waals surface area contributed by atoms with Gasteiger partial charge in [0.05, 0.1) is 18.2 Å². The lowest BCUT2D eigenvalue weighted by atomic mass is 10.1. The van der Waals surface area contributed by atoms with Crippen molar-refractivity contribution in [3.63, 3.8) is 0 Å². The summed E-state index contributed by atoms with van der Waals surface area (Å²) >= 11 is 0. The Hall–Kier alpha value is -2.44. The number of aromatic amines is 1. The van der Waals surface area contributed by atoms with E-state index < -0.39 is 0 Å². The Kier molecular flexibility index (Phi) is 2.29. The molecule has 0 saturated heterocycles. The maximum atomic E-state index is 4.56. The van der Waals surface area contributed by atoms with Crippen molar-refractivity contribution in [3.05, 3.63) is 29.5 Å². The van der Waals surface area contributed by atoms with Crippen LogP contribution in [0.4, 0.5) is 5.95 Å². The number of aromatic nitrogens is 6. The number of hydrogen-bond donors (Lipinski definition) is 1. The smallest absolute Gasteiger partial charge is 0.227 e. The molecular formula is C13H15N7. The first kappa shape index (κ1) is 11.4. The van der Waals surface area contributed by atoms with Crippen LogP contribution in [0.1, 0.15) is 17.0 Å². The van der Waals surface area contributed by atoms with E-state index in [9.17, 15) is 0 Å². The van der Waals surface area contributed by atoms with E-state index >= 15 is 0 Å². The van der Waals surface area contributed by atoms with Crippen molar-refractivity contribution < 1.29 is 0 Å². The highest BCUT2D eigenvalue weighted by Crippen LogP contribution is 2.23. The van der Waals surface area contributed by atoms with Crippen LogP contribution < -0.4 is 4.90 Å². The van der Waals surface area contributed by atoms with Crippen LogP contribution in [-0.2, 0) is 20.0 Å². The topological polar surface area (TPSA) is 75.5 Å². The number of hydrogen-bond acceptors (Lipinski definition) is 5. The van der Waals surface area contributed by atoms with E-state index in [1.807, 2.05) is 17.8 Å². The molecule has 0 unspecified atom stereocenters. The van der Waals surface area contributed by atoms with E-state index in [2.05, 4.69) is 37.0 Å². The van der Waals surface area contributed by atoms with Gasteiger partial charge in [0.15, 0.2) is 5.65 Å². The largest absolute Gasteiger partial charge is 0.336 e. The molecule has 4 heterocycles. The first-order valence-corrected chi connectivity index (χ1v) is 6.64. The molecular weight excluding hydrogens is 254 g/mol. The fourth-order valence-electron chi connectivity index (χ4n) is 2.66. The number of anilines is 1. The Morgan fingerprint density at radius 3 is 3.10 bits per heavy atom. The second-order valence-corrected chi connectivity index (χ2v) is 5.18. The molecule has 0 radical (unpaired) electrons. The molecule has 1 aliphatic rings. The normalized spacial score (nSPS) is 14.8. The predicted octanol–water partition coefficient (Wildman–Crippen LogP) is 0.958. The molecule has 7 heteroatoms. The summed E-state index contributed by atoms with van der Waals surface area (Å²) < 4.78 is 1.92. The molecule has 102 valence electrons. The molecule has 3 aromatic heterocycles. The van der Waals surface area contributed by atoms with Crippen molar-refractivity contribution in [2.45, 2.75) is 19.9 Å². The van der Waals surface area contributed by atoms with Crippen LogP contribution in [0.15, 0.2) is 12.5 Å². The first-order chi connectivity index (χ1) is 9.72. The van der Waals surface area contributed by atoms with Gasteiger partial charge in [0.25, 0.3) is 0 Å². The summed E-state index contributed by atoms with van der Waals surface area (Å²) in [5.74, 6) is 0.738. The monoisotopic (exact) mass is 269 g/mol. The van der Waals surface area contributed by atoms with Crippen LogP contribution >= 0.6 is 0 Å². The van der Waals surface area contributed by atoms with Gasteiger partial charge < -0.3 is 9.47 Å². The summed E-state index contributed by atoms with van der Waals surface area (Å²) in [6.07, 6.45) is 4.52. The minimum absolute atomic E-state index is 0.738. The highest BCUT2D eigenvalue weighted by Gasteiger charge is 2.22. The summed E-state index contributed by atoms with van der Waals surface area (Å²) in [5.41, 5.74) is 5.25. The quantitative estimate of drug-likeness (QED) is 0.712. The lowest BCUT2D eigenvalue weighted by molar-refractivity contribution is 0.699. The minimum atomic E-state index is 0.738. The Morgan fingerprint density at radius 1 is 1.30 bits per heavy atom. The Labute approximate surface area is 115 Å². The molecule has 0 spiro atoms. The van der Waals surface area contributed by atoms with Crippen molar-refractivity contribution in [2.75, 3.05) is 11.4 Å². The van der Waals surface area contributed by atoms with E-state index in [4.69, 9.17) is 0 Å². The summed E-state index contributed by atoms with van der Waals surface area (Å²) in [6, 6.07) is 0. The molecule has 0 fully saturated rings. The van der Waals surface area contributed by atoms with Gasteiger partial charge in [-0.3, -0.25) is 5.10 Å².